The Morgan fingerprint density at radius 1 is 1.10 bits per heavy atom. The minimum Gasteiger partial charge on any atom is -0.271 e. The van der Waals surface area contributed by atoms with Gasteiger partial charge < -0.3 is 0 Å². The zero-order chi connectivity index (χ0) is 14.1. The van der Waals surface area contributed by atoms with Gasteiger partial charge >= 0.3 is 0 Å². The lowest BCUT2D eigenvalue weighted by Crippen LogP contribution is -2.46. The van der Waals surface area contributed by atoms with Crippen molar-refractivity contribution in [2.75, 3.05) is 0 Å². The van der Waals surface area contributed by atoms with E-state index in [1.165, 1.54) is 37.7 Å². The first-order valence-electron chi connectivity index (χ1n) is 8.24. The first kappa shape index (κ1) is 14.1. The lowest BCUT2D eigenvalue weighted by atomic mass is 9.70. The summed E-state index contributed by atoms with van der Waals surface area (Å²) < 4.78 is 0. The molecule has 2 nitrogen and oxygen atoms in total. The van der Waals surface area contributed by atoms with Gasteiger partial charge in [0.15, 0.2) is 0 Å². The molecule has 0 amide bonds. The quantitative estimate of drug-likeness (QED) is 0.651. The average molecular weight is 272 g/mol. The minimum atomic E-state index is 0.452. The fourth-order valence-corrected chi connectivity index (χ4v) is 4.46. The maximum Gasteiger partial charge on any atom is 0.0307 e. The summed E-state index contributed by atoms with van der Waals surface area (Å²) in [5, 5.41) is 0. The van der Waals surface area contributed by atoms with Gasteiger partial charge in [0.2, 0.25) is 0 Å². The molecule has 0 radical (unpaired) electrons. The van der Waals surface area contributed by atoms with Crippen LogP contribution in [0.5, 0.6) is 0 Å². The van der Waals surface area contributed by atoms with Crippen molar-refractivity contribution in [2.45, 2.75) is 57.9 Å². The van der Waals surface area contributed by atoms with E-state index in [2.05, 4.69) is 43.5 Å². The molecule has 1 fully saturated rings. The number of fused-ring (bicyclic) bond motifs is 1. The number of aryl methyl sites for hydroxylation is 1. The highest BCUT2D eigenvalue weighted by atomic mass is 15.2. The summed E-state index contributed by atoms with van der Waals surface area (Å²) in [5.41, 5.74) is 6.27. The topological polar surface area (TPSA) is 38.0 Å². The van der Waals surface area contributed by atoms with Crippen LogP contribution in [-0.2, 0) is 6.42 Å². The molecular weight excluding hydrogens is 244 g/mol. The molecule has 0 aromatic heterocycles. The van der Waals surface area contributed by atoms with Crippen molar-refractivity contribution < 1.29 is 0 Å². The second-order valence-corrected chi connectivity index (χ2v) is 7.06. The maximum absolute atomic E-state index is 5.97. The minimum absolute atomic E-state index is 0.452. The van der Waals surface area contributed by atoms with Gasteiger partial charge in [-0.1, -0.05) is 44.5 Å². The highest BCUT2D eigenvalue weighted by Gasteiger charge is 2.37. The molecule has 1 saturated carbocycles. The Morgan fingerprint density at radius 3 is 2.65 bits per heavy atom. The second kappa shape index (κ2) is 5.87. The lowest BCUT2D eigenvalue weighted by Gasteiger charge is -2.39. The summed E-state index contributed by atoms with van der Waals surface area (Å²) in [7, 11) is 0. The van der Waals surface area contributed by atoms with Crippen LogP contribution in [-0.4, -0.2) is 6.04 Å². The van der Waals surface area contributed by atoms with Gasteiger partial charge in [0.1, 0.15) is 0 Å². The average Bonchev–Trinajstić information content (AvgIpc) is 2.88. The Balaban J connectivity index is 1.78. The summed E-state index contributed by atoms with van der Waals surface area (Å²) in [5.74, 6) is 9.03. The van der Waals surface area contributed by atoms with Gasteiger partial charge in [-0.3, -0.25) is 11.3 Å². The zero-order valence-corrected chi connectivity index (χ0v) is 12.8. The molecule has 1 aromatic carbocycles. The molecule has 110 valence electrons. The van der Waals surface area contributed by atoms with Crippen LogP contribution < -0.4 is 11.3 Å². The normalized spacial score (nSPS) is 34.8. The highest BCUT2D eigenvalue weighted by Crippen LogP contribution is 2.43. The molecule has 3 rings (SSSR count). The summed E-state index contributed by atoms with van der Waals surface area (Å²) in [4.78, 5) is 0. The van der Waals surface area contributed by atoms with E-state index in [0.717, 1.165) is 17.8 Å². The molecule has 5 atom stereocenters. The Hall–Kier alpha value is -0.860. The Kier molecular flexibility index (Phi) is 4.13. The van der Waals surface area contributed by atoms with Crippen molar-refractivity contribution in [3.05, 3.63) is 35.4 Å². The number of rotatable bonds is 3. The van der Waals surface area contributed by atoms with Crippen molar-refractivity contribution in [1.82, 2.24) is 5.43 Å². The molecule has 20 heavy (non-hydrogen) atoms. The predicted molar refractivity (Wildman–Crippen MR) is 84.3 cm³/mol. The summed E-state index contributed by atoms with van der Waals surface area (Å²) >= 11 is 0. The van der Waals surface area contributed by atoms with Gasteiger partial charge in [-0.25, -0.2) is 0 Å². The molecule has 0 heterocycles. The van der Waals surface area contributed by atoms with Gasteiger partial charge in [-0.05, 0) is 54.6 Å². The SMILES string of the molecule is CC1CCC(C(NN)C2CCc3ccccc32)CC1C. The van der Waals surface area contributed by atoms with Gasteiger partial charge in [0.05, 0.1) is 0 Å². The number of nitrogens with one attached hydrogen (secondary N) is 1. The van der Waals surface area contributed by atoms with Crippen LogP contribution in [0.2, 0.25) is 0 Å². The molecule has 1 aromatic rings. The fraction of sp³-hybridized carbons (Fsp3) is 0.667. The predicted octanol–water partition coefficient (Wildman–Crippen LogP) is 3.62. The van der Waals surface area contributed by atoms with E-state index in [9.17, 15) is 0 Å². The Morgan fingerprint density at radius 2 is 1.90 bits per heavy atom. The van der Waals surface area contributed by atoms with E-state index in [1.54, 1.807) is 5.56 Å². The molecule has 2 heteroatoms. The first-order valence-corrected chi connectivity index (χ1v) is 8.24. The van der Waals surface area contributed by atoms with Crippen molar-refractivity contribution >= 4 is 0 Å². The molecule has 0 spiro atoms. The van der Waals surface area contributed by atoms with Crippen LogP contribution in [0.15, 0.2) is 24.3 Å². The molecule has 0 saturated heterocycles. The van der Waals surface area contributed by atoms with Crippen LogP contribution in [0.25, 0.3) is 0 Å². The molecule has 0 aliphatic heterocycles. The van der Waals surface area contributed by atoms with Crippen LogP contribution in [0, 0.1) is 17.8 Å². The highest BCUT2D eigenvalue weighted by molar-refractivity contribution is 5.36. The third-order valence-electron chi connectivity index (χ3n) is 5.95. The number of hydrogen-bond donors (Lipinski definition) is 2. The van der Waals surface area contributed by atoms with Crippen molar-refractivity contribution in [3.63, 3.8) is 0 Å². The zero-order valence-electron chi connectivity index (χ0n) is 12.8. The summed E-state index contributed by atoms with van der Waals surface area (Å²) in [6.45, 7) is 4.81. The van der Waals surface area contributed by atoms with Crippen LogP contribution in [0.3, 0.4) is 0 Å². The van der Waals surface area contributed by atoms with E-state index < -0.39 is 0 Å². The molecule has 2 aliphatic rings. The summed E-state index contributed by atoms with van der Waals surface area (Å²) in [6, 6.07) is 9.39. The van der Waals surface area contributed by atoms with E-state index in [4.69, 9.17) is 5.84 Å². The lowest BCUT2D eigenvalue weighted by molar-refractivity contribution is 0.157. The Labute approximate surface area is 123 Å². The van der Waals surface area contributed by atoms with Gasteiger partial charge in [-0.2, -0.15) is 0 Å². The second-order valence-electron chi connectivity index (χ2n) is 7.06. The number of hydrazine groups is 1. The van der Waals surface area contributed by atoms with Gasteiger partial charge in [-0.15, -0.1) is 0 Å². The van der Waals surface area contributed by atoms with E-state index in [0.29, 0.717) is 12.0 Å². The van der Waals surface area contributed by atoms with Gasteiger partial charge in [0, 0.05) is 12.0 Å². The Bertz CT molecular complexity index is 456. The fourth-order valence-electron chi connectivity index (χ4n) is 4.46. The monoisotopic (exact) mass is 272 g/mol. The van der Waals surface area contributed by atoms with E-state index in [1.807, 2.05) is 0 Å². The van der Waals surface area contributed by atoms with E-state index in [-0.39, 0.29) is 0 Å². The molecule has 5 unspecified atom stereocenters. The standard InChI is InChI=1S/C18H28N2/c1-12-7-8-15(11-13(12)2)18(20-19)17-10-9-14-5-3-4-6-16(14)17/h3-6,12-13,15,17-18,20H,7-11,19H2,1-2H3. The van der Waals surface area contributed by atoms with Crippen molar-refractivity contribution in [1.29, 1.82) is 0 Å². The molecule has 2 aliphatic carbocycles. The number of hydrogen-bond acceptors (Lipinski definition) is 2. The van der Waals surface area contributed by atoms with Crippen LogP contribution in [0.4, 0.5) is 0 Å². The third-order valence-corrected chi connectivity index (χ3v) is 5.95. The maximum atomic E-state index is 5.97. The van der Waals surface area contributed by atoms with Gasteiger partial charge in [0.25, 0.3) is 0 Å². The third kappa shape index (κ3) is 2.51. The van der Waals surface area contributed by atoms with Crippen molar-refractivity contribution in [3.8, 4) is 0 Å². The summed E-state index contributed by atoms with van der Waals surface area (Å²) in [6.07, 6.45) is 6.50. The number of benzene rings is 1. The number of nitrogens with two attached hydrogens (primary N) is 1. The largest absolute Gasteiger partial charge is 0.271 e. The first-order chi connectivity index (χ1) is 9.70. The van der Waals surface area contributed by atoms with Crippen molar-refractivity contribution in [2.24, 2.45) is 23.6 Å². The smallest absolute Gasteiger partial charge is 0.0307 e. The van der Waals surface area contributed by atoms with E-state index >= 15 is 0 Å². The molecule has 3 N–H and O–H groups in total. The van der Waals surface area contributed by atoms with Crippen LogP contribution >= 0.6 is 0 Å². The molecule has 0 bridgehead atoms. The van der Waals surface area contributed by atoms with Crippen LogP contribution in [0.1, 0.15) is 56.6 Å². The molecular formula is C18H28N2.